The highest BCUT2D eigenvalue weighted by Gasteiger charge is 2.03. The molecular weight excluding hydrogens is 201 g/mol. The molecule has 82 valence electrons. The van der Waals surface area contributed by atoms with Crippen molar-refractivity contribution < 1.29 is 4.39 Å². The standard InChI is InChI=1S/C14H14FN/c1-9-5-10(2)7-12(6-9)11-3-4-14(16)13(15)8-11/h3-8H,16H2,1-2H3. The number of hydrogen-bond donors (Lipinski definition) is 1. The summed E-state index contributed by atoms with van der Waals surface area (Å²) in [6.45, 7) is 4.06. The van der Waals surface area contributed by atoms with E-state index in [0.717, 1.165) is 11.1 Å². The van der Waals surface area contributed by atoms with Crippen LogP contribution >= 0.6 is 0 Å². The summed E-state index contributed by atoms with van der Waals surface area (Å²) in [6, 6.07) is 11.1. The van der Waals surface area contributed by atoms with Gasteiger partial charge in [-0.2, -0.15) is 0 Å². The Morgan fingerprint density at radius 3 is 2.06 bits per heavy atom. The van der Waals surface area contributed by atoms with Crippen molar-refractivity contribution in [2.24, 2.45) is 0 Å². The maximum absolute atomic E-state index is 13.3. The first-order chi connectivity index (χ1) is 7.56. The molecule has 0 unspecified atom stereocenters. The second-order valence-electron chi connectivity index (χ2n) is 4.11. The summed E-state index contributed by atoms with van der Waals surface area (Å²) >= 11 is 0. The van der Waals surface area contributed by atoms with Gasteiger partial charge in [-0.05, 0) is 37.1 Å². The van der Waals surface area contributed by atoms with Crippen molar-refractivity contribution in [2.75, 3.05) is 5.73 Å². The zero-order valence-corrected chi connectivity index (χ0v) is 9.42. The highest BCUT2D eigenvalue weighted by molar-refractivity contribution is 5.67. The molecule has 0 fully saturated rings. The van der Waals surface area contributed by atoms with Crippen LogP contribution in [0.4, 0.5) is 10.1 Å². The average Bonchev–Trinajstić information content (AvgIpc) is 2.20. The Bertz CT molecular complexity index is 512. The molecule has 2 aromatic carbocycles. The van der Waals surface area contributed by atoms with Crippen LogP contribution in [0.15, 0.2) is 36.4 Å². The zero-order chi connectivity index (χ0) is 11.7. The highest BCUT2D eigenvalue weighted by atomic mass is 19.1. The van der Waals surface area contributed by atoms with Gasteiger partial charge in [-0.3, -0.25) is 0 Å². The summed E-state index contributed by atoms with van der Waals surface area (Å²) in [4.78, 5) is 0. The van der Waals surface area contributed by atoms with Crippen LogP contribution in [-0.4, -0.2) is 0 Å². The summed E-state index contributed by atoms with van der Waals surface area (Å²) in [5.74, 6) is -0.364. The van der Waals surface area contributed by atoms with E-state index in [1.165, 1.54) is 17.2 Å². The number of rotatable bonds is 1. The Labute approximate surface area is 94.7 Å². The maximum Gasteiger partial charge on any atom is 0.146 e. The Hall–Kier alpha value is -1.83. The van der Waals surface area contributed by atoms with Crippen molar-refractivity contribution in [3.8, 4) is 11.1 Å². The largest absolute Gasteiger partial charge is 0.396 e. The van der Waals surface area contributed by atoms with E-state index >= 15 is 0 Å². The van der Waals surface area contributed by atoms with Gasteiger partial charge in [0.1, 0.15) is 5.82 Å². The molecule has 0 aliphatic carbocycles. The molecular formula is C14H14FN. The molecule has 16 heavy (non-hydrogen) atoms. The number of nitrogens with two attached hydrogens (primary N) is 1. The molecule has 0 radical (unpaired) electrons. The van der Waals surface area contributed by atoms with Gasteiger partial charge >= 0.3 is 0 Å². The van der Waals surface area contributed by atoms with Crippen molar-refractivity contribution in [2.45, 2.75) is 13.8 Å². The van der Waals surface area contributed by atoms with Crippen LogP contribution in [0.3, 0.4) is 0 Å². The van der Waals surface area contributed by atoms with E-state index in [2.05, 4.69) is 6.07 Å². The number of hydrogen-bond acceptors (Lipinski definition) is 1. The van der Waals surface area contributed by atoms with E-state index in [-0.39, 0.29) is 11.5 Å². The third-order valence-electron chi connectivity index (χ3n) is 2.56. The molecule has 2 rings (SSSR count). The summed E-state index contributed by atoms with van der Waals surface area (Å²) in [6.07, 6.45) is 0. The number of benzene rings is 2. The fourth-order valence-electron chi connectivity index (χ4n) is 1.85. The molecule has 0 saturated heterocycles. The second kappa shape index (κ2) is 3.97. The molecule has 0 heterocycles. The SMILES string of the molecule is Cc1cc(C)cc(-c2ccc(N)c(F)c2)c1. The zero-order valence-electron chi connectivity index (χ0n) is 9.42. The molecule has 0 saturated carbocycles. The molecule has 0 aliphatic heterocycles. The van der Waals surface area contributed by atoms with Crippen molar-refractivity contribution in [3.63, 3.8) is 0 Å². The fraction of sp³-hybridized carbons (Fsp3) is 0.143. The maximum atomic E-state index is 13.3. The summed E-state index contributed by atoms with van der Waals surface area (Å²) in [5.41, 5.74) is 9.87. The number of anilines is 1. The van der Waals surface area contributed by atoms with Crippen LogP contribution in [0.2, 0.25) is 0 Å². The van der Waals surface area contributed by atoms with E-state index in [1.54, 1.807) is 6.07 Å². The molecule has 2 aromatic rings. The lowest BCUT2D eigenvalue weighted by Gasteiger charge is -2.06. The van der Waals surface area contributed by atoms with Crippen LogP contribution < -0.4 is 5.73 Å². The quantitative estimate of drug-likeness (QED) is 0.721. The van der Waals surface area contributed by atoms with Crippen LogP contribution in [0.1, 0.15) is 11.1 Å². The van der Waals surface area contributed by atoms with Gasteiger partial charge in [0.05, 0.1) is 5.69 Å². The lowest BCUT2D eigenvalue weighted by molar-refractivity contribution is 0.633. The van der Waals surface area contributed by atoms with Crippen molar-refractivity contribution in [3.05, 3.63) is 53.3 Å². The number of nitrogen functional groups attached to an aromatic ring is 1. The van der Waals surface area contributed by atoms with Crippen molar-refractivity contribution in [1.29, 1.82) is 0 Å². The lowest BCUT2D eigenvalue weighted by Crippen LogP contribution is -1.91. The van der Waals surface area contributed by atoms with Gasteiger partial charge in [-0.15, -0.1) is 0 Å². The van der Waals surface area contributed by atoms with Crippen LogP contribution in [-0.2, 0) is 0 Å². The predicted octanol–water partition coefficient (Wildman–Crippen LogP) is 3.69. The van der Waals surface area contributed by atoms with Crippen LogP contribution in [0.25, 0.3) is 11.1 Å². The Balaban J connectivity index is 2.54. The minimum Gasteiger partial charge on any atom is -0.396 e. The van der Waals surface area contributed by atoms with E-state index in [9.17, 15) is 4.39 Å². The molecule has 1 nitrogen and oxygen atoms in total. The minimum atomic E-state index is -0.364. The number of aryl methyl sites for hydroxylation is 2. The van der Waals surface area contributed by atoms with Gasteiger partial charge in [0.25, 0.3) is 0 Å². The lowest BCUT2D eigenvalue weighted by atomic mass is 10.0. The van der Waals surface area contributed by atoms with Gasteiger partial charge in [0.15, 0.2) is 0 Å². The van der Waals surface area contributed by atoms with E-state index in [1.807, 2.05) is 32.0 Å². The van der Waals surface area contributed by atoms with E-state index in [4.69, 9.17) is 5.73 Å². The van der Waals surface area contributed by atoms with Crippen LogP contribution in [0.5, 0.6) is 0 Å². The fourth-order valence-corrected chi connectivity index (χ4v) is 1.85. The van der Waals surface area contributed by atoms with E-state index in [0.29, 0.717) is 0 Å². The monoisotopic (exact) mass is 215 g/mol. The molecule has 0 aromatic heterocycles. The number of halogens is 1. The summed E-state index contributed by atoms with van der Waals surface area (Å²) in [5, 5.41) is 0. The summed E-state index contributed by atoms with van der Waals surface area (Å²) in [7, 11) is 0. The van der Waals surface area contributed by atoms with Crippen molar-refractivity contribution >= 4 is 5.69 Å². The molecule has 0 bridgehead atoms. The third-order valence-corrected chi connectivity index (χ3v) is 2.56. The summed E-state index contributed by atoms with van der Waals surface area (Å²) < 4.78 is 13.3. The van der Waals surface area contributed by atoms with Gasteiger partial charge < -0.3 is 5.73 Å². The van der Waals surface area contributed by atoms with Gasteiger partial charge in [0, 0.05) is 0 Å². The van der Waals surface area contributed by atoms with Gasteiger partial charge in [0.2, 0.25) is 0 Å². The van der Waals surface area contributed by atoms with E-state index < -0.39 is 0 Å². The molecule has 0 spiro atoms. The normalized spacial score (nSPS) is 10.4. The topological polar surface area (TPSA) is 26.0 Å². The molecule has 0 aliphatic rings. The van der Waals surface area contributed by atoms with Gasteiger partial charge in [-0.25, -0.2) is 4.39 Å². The minimum absolute atomic E-state index is 0.188. The first kappa shape index (κ1) is 10.7. The van der Waals surface area contributed by atoms with Crippen LogP contribution in [0, 0.1) is 19.7 Å². The molecule has 0 amide bonds. The molecule has 2 N–H and O–H groups in total. The third kappa shape index (κ3) is 2.06. The first-order valence-corrected chi connectivity index (χ1v) is 5.20. The predicted molar refractivity (Wildman–Crippen MR) is 65.7 cm³/mol. The highest BCUT2D eigenvalue weighted by Crippen LogP contribution is 2.24. The Kier molecular flexibility index (Phi) is 2.65. The first-order valence-electron chi connectivity index (χ1n) is 5.20. The second-order valence-corrected chi connectivity index (χ2v) is 4.11. The molecule has 0 atom stereocenters. The van der Waals surface area contributed by atoms with Gasteiger partial charge in [-0.1, -0.05) is 35.4 Å². The Morgan fingerprint density at radius 1 is 0.875 bits per heavy atom. The smallest absolute Gasteiger partial charge is 0.146 e. The Morgan fingerprint density at radius 2 is 1.50 bits per heavy atom. The average molecular weight is 215 g/mol. The molecule has 2 heteroatoms. The van der Waals surface area contributed by atoms with Crippen molar-refractivity contribution in [1.82, 2.24) is 0 Å².